The second kappa shape index (κ2) is 5.99. The summed E-state index contributed by atoms with van der Waals surface area (Å²) in [5.74, 6) is 2.81. The standard InChI is InChI=1S/C14H22N4O/c1-11(2)9-17(3)13-8-14(16-10-15-13)18-6-4-12(19)5-7-18/h8,10-11H,4-7,9H2,1-3H3. The molecule has 0 atom stereocenters. The van der Waals surface area contributed by atoms with E-state index in [2.05, 4.69) is 33.6 Å². The Balaban J connectivity index is 2.08. The molecule has 2 heterocycles. The van der Waals surface area contributed by atoms with Crippen LogP contribution in [-0.4, -0.2) is 42.4 Å². The van der Waals surface area contributed by atoms with E-state index in [-0.39, 0.29) is 0 Å². The second-order valence-electron chi connectivity index (χ2n) is 5.53. The third-order valence-electron chi connectivity index (χ3n) is 3.31. The van der Waals surface area contributed by atoms with Crippen LogP contribution in [0.3, 0.4) is 0 Å². The Morgan fingerprint density at radius 3 is 2.63 bits per heavy atom. The van der Waals surface area contributed by atoms with Crippen LogP contribution in [0.5, 0.6) is 0 Å². The zero-order valence-corrected chi connectivity index (χ0v) is 12.0. The molecule has 1 aliphatic rings. The fraction of sp³-hybridized carbons (Fsp3) is 0.643. The smallest absolute Gasteiger partial charge is 0.136 e. The molecule has 1 aliphatic heterocycles. The van der Waals surface area contributed by atoms with Gasteiger partial charge >= 0.3 is 0 Å². The van der Waals surface area contributed by atoms with Crippen molar-refractivity contribution in [1.29, 1.82) is 0 Å². The average molecular weight is 262 g/mol. The highest BCUT2D eigenvalue weighted by Crippen LogP contribution is 2.20. The van der Waals surface area contributed by atoms with E-state index >= 15 is 0 Å². The fourth-order valence-corrected chi connectivity index (χ4v) is 2.35. The first-order chi connectivity index (χ1) is 9.06. The first-order valence-electron chi connectivity index (χ1n) is 6.86. The van der Waals surface area contributed by atoms with E-state index in [9.17, 15) is 4.79 Å². The van der Waals surface area contributed by atoms with Crippen molar-refractivity contribution in [1.82, 2.24) is 9.97 Å². The number of aromatic nitrogens is 2. The van der Waals surface area contributed by atoms with Gasteiger partial charge in [0.1, 0.15) is 23.7 Å². The van der Waals surface area contributed by atoms with Gasteiger partial charge in [-0.2, -0.15) is 0 Å². The minimum atomic E-state index is 0.349. The first kappa shape index (κ1) is 13.8. The molecular weight excluding hydrogens is 240 g/mol. The van der Waals surface area contributed by atoms with Crippen LogP contribution in [0.25, 0.3) is 0 Å². The fourth-order valence-electron chi connectivity index (χ4n) is 2.35. The van der Waals surface area contributed by atoms with Gasteiger partial charge in [0.25, 0.3) is 0 Å². The summed E-state index contributed by atoms with van der Waals surface area (Å²) in [7, 11) is 2.05. The molecule has 2 rings (SSSR count). The van der Waals surface area contributed by atoms with Crippen LogP contribution >= 0.6 is 0 Å². The molecule has 0 saturated carbocycles. The number of ketones is 1. The Morgan fingerprint density at radius 2 is 2.00 bits per heavy atom. The lowest BCUT2D eigenvalue weighted by Gasteiger charge is -2.28. The Morgan fingerprint density at radius 1 is 1.32 bits per heavy atom. The summed E-state index contributed by atoms with van der Waals surface area (Å²) in [6.07, 6.45) is 2.86. The van der Waals surface area contributed by atoms with Gasteiger partial charge in [0.2, 0.25) is 0 Å². The largest absolute Gasteiger partial charge is 0.359 e. The van der Waals surface area contributed by atoms with Gasteiger partial charge in [-0.1, -0.05) is 13.8 Å². The zero-order valence-electron chi connectivity index (χ0n) is 12.0. The van der Waals surface area contributed by atoms with E-state index in [0.717, 1.165) is 31.3 Å². The van der Waals surface area contributed by atoms with Crippen LogP contribution in [0, 0.1) is 5.92 Å². The molecule has 1 fully saturated rings. The number of hydrogen-bond donors (Lipinski definition) is 0. The maximum absolute atomic E-state index is 11.3. The van der Waals surface area contributed by atoms with Crippen molar-refractivity contribution in [2.24, 2.45) is 5.92 Å². The summed E-state index contributed by atoms with van der Waals surface area (Å²) in [4.78, 5) is 24.2. The van der Waals surface area contributed by atoms with E-state index in [4.69, 9.17) is 0 Å². The van der Waals surface area contributed by atoms with Crippen molar-refractivity contribution >= 4 is 17.4 Å². The van der Waals surface area contributed by atoms with Crippen LogP contribution in [0.1, 0.15) is 26.7 Å². The topological polar surface area (TPSA) is 49.3 Å². The van der Waals surface area contributed by atoms with Gasteiger partial charge in [0.15, 0.2) is 0 Å². The lowest BCUT2D eigenvalue weighted by Crippen LogP contribution is -2.34. The minimum absolute atomic E-state index is 0.349. The SMILES string of the molecule is CC(C)CN(C)c1cc(N2CCC(=O)CC2)ncn1. The zero-order chi connectivity index (χ0) is 13.8. The maximum atomic E-state index is 11.3. The van der Waals surface area contributed by atoms with Gasteiger partial charge in [-0.3, -0.25) is 4.79 Å². The number of carbonyl (C=O) groups is 1. The van der Waals surface area contributed by atoms with Crippen molar-refractivity contribution in [2.45, 2.75) is 26.7 Å². The number of Topliss-reactive ketones (excluding diaryl/α,β-unsaturated/α-hetero) is 1. The van der Waals surface area contributed by atoms with Crippen LogP contribution < -0.4 is 9.80 Å². The summed E-state index contributed by atoms with van der Waals surface area (Å²) in [6, 6.07) is 2.01. The molecule has 0 spiro atoms. The Hall–Kier alpha value is -1.65. The number of rotatable bonds is 4. The molecule has 1 aromatic heterocycles. The molecule has 0 unspecified atom stereocenters. The van der Waals surface area contributed by atoms with Crippen LogP contribution in [0.2, 0.25) is 0 Å². The molecule has 0 bridgehead atoms. The summed E-state index contributed by atoms with van der Waals surface area (Å²) in [5, 5.41) is 0. The van der Waals surface area contributed by atoms with E-state index in [1.54, 1.807) is 6.33 Å². The minimum Gasteiger partial charge on any atom is -0.359 e. The van der Waals surface area contributed by atoms with E-state index < -0.39 is 0 Å². The first-order valence-corrected chi connectivity index (χ1v) is 6.86. The second-order valence-corrected chi connectivity index (χ2v) is 5.53. The van der Waals surface area contributed by atoms with E-state index in [1.807, 2.05) is 13.1 Å². The van der Waals surface area contributed by atoms with Gasteiger partial charge in [0, 0.05) is 45.6 Å². The number of piperidine rings is 1. The van der Waals surface area contributed by atoms with Crippen LogP contribution in [0.4, 0.5) is 11.6 Å². The number of nitrogens with zero attached hydrogens (tertiary/aromatic N) is 4. The molecule has 0 amide bonds. The third kappa shape index (κ3) is 3.66. The maximum Gasteiger partial charge on any atom is 0.136 e. The molecule has 0 N–H and O–H groups in total. The van der Waals surface area contributed by atoms with Gasteiger partial charge in [-0.15, -0.1) is 0 Å². The highest BCUT2D eigenvalue weighted by Gasteiger charge is 2.18. The number of anilines is 2. The Kier molecular flexibility index (Phi) is 4.35. The molecule has 0 aliphatic carbocycles. The third-order valence-corrected chi connectivity index (χ3v) is 3.31. The summed E-state index contributed by atoms with van der Waals surface area (Å²) >= 11 is 0. The van der Waals surface area contributed by atoms with E-state index in [1.165, 1.54) is 0 Å². The van der Waals surface area contributed by atoms with E-state index in [0.29, 0.717) is 24.5 Å². The molecule has 0 aromatic carbocycles. The molecular formula is C14H22N4O. The molecule has 19 heavy (non-hydrogen) atoms. The van der Waals surface area contributed by atoms with Crippen molar-refractivity contribution < 1.29 is 4.79 Å². The highest BCUT2D eigenvalue weighted by molar-refractivity contribution is 5.80. The number of carbonyl (C=O) groups excluding carboxylic acids is 1. The molecule has 1 saturated heterocycles. The summed E-state index contributed by atoms with van der Waals surface area (Å²) < 4.78 is 0. The van der Waals surface area contributed by atoms with Gasteiger partial charge in [0.05, 0.1) is 0 Å². The number of hydrogen-bond acceptors (Lipinski definition) is 5. The van der Waals surface area contributed by atoms with Crippen molar-refractivity contribution in [3.63, 3.8) is 0 Å². The van der Waals surface area contributed by atoms with Crippen molar-refractivity contribution in [3.8, 4) is 0 Å². The van der Waals surface area contributed by atoms with Crippen molar-refractivity contribution in [2.75, 3.05) is 36.5 Å². The Bertz CT molecular complexity index is 437. The van der Waals surface area contributed by atoms with Gasteiger partial charge < -0.3 is 9.80 Å². The molecule has 5 heteroatoms. The van der Waals surface area contributed by atoms with Crippen molar-refractivity contribution in [3.05, 3.63) is 12.4 Å². The normalized spacial score (nSPS) is 16.0. The average Bonchev–Trinajstić information content (AvgIpc) is 2.39. The van der Waals surface area contributed by atoms with Crippen LogP contribution in [0.15, 0.2) is 12.4 Å². The summed E-state index contributed by atoms with van der Waals surface area (Å²) in [6.45, 7) is 6.88. The molecule has 0 radical (unpaired) electrons. The quantitative estimate of drug-likeness (QED) is 0.827. The lowest BCUT2D eigenvalue weighted by molar-refractivity contribution is -0.119. The predicted octanol–water partition coefficient (Wildman–Crippen LogP) is 1.74. The van der Waals surface area contributed by atoms with Gasteiger partial charge in [-0.25, -0.2) is 9.97 Å². The summed E-state index contributed by atoms with van der Waals surface area (Å²) in [5.41, 5.74) is 0. The highest BCUT2D eigenvalue weighted by atomic mass is 16.1. The molecule has 5 nitrogen and oxygen atoms in total. The van der Waals surface area contributed by atoms with Gasteiger partial charge in [-0.05, 0) is 5.92 Å². The van der Waals surface area contributed by atoms with Crippen LogP contribution in [-0.2, 0) is 4.79 Å². The monoisotopic (exact) mass is 262 g/mol. The lowest BCUT2D eigenvalue weighted by atomic mass is 10.1. The molecule has 1 aromatic rings. The Labute approximate surface area is 114 Å². The molecule has 104 valence electrons. The predicted molar refractivity (Wildman–Crippen MR) is 76.6 cm³/mol.